The molecule has 0 aliphatic heterocycles. The number of benzene rings is 7. The van der Waals surface area contributed by atoms with Crippen molar-refractivity contribution in [3.05, 3.63) is 185 Å². The van der Waals surface area contributed by atoms with Crippen LogP contribution in [-0.4, -0.2) is 0 Å². The lowest BCUT2D eigenvalue weighted by Crippen LogP contribution is -2.16. The van der Waals surface area contributed by atoms with Crippen LogP contribution in [0.4, 0.5) is 17.1 Å². The Labute approximate surface area is 299 Å². The third-order valence-corrected chi connectivity index (χ3v) is 10.3. The molecule has 7 aromatic carbocycles. The number of unbranched alkanes of at least 4 members (excludes halogenated alkanes) is 2. The zero-order valence-electron chi connectivity index (χ0n) is 30.1. The fourth-order valence-corrected chi connectivity index (χ4v) is 7.52. The molecular weight excluding hydrogens is 603 g/mol. The zero-order valence-corrected chi connectivity index (χ0v) is 30.1. The van der Waals surface area contributed by atoms with Crippen LogP contribution >= 0.6 is 0 Å². The first-order chi connectivity index (χ1) is 24.6. The lowest BCUT2D eigenvalue weighted by Gasteiger charge is -2.33. The maximum atomic E-state index is 2.53. The molecule has 0 amide bonds. The summed E-state index contributed by atoms with van der Waals surface area (Å²) in [6.45, 7) is 8.89. The van der Waals surface area contributed by atoms with Crippen LogP contribution in [0.3, 0.4) is 0 Å². The standard InChI is InChI=1S/C49H49N/c1-5-7-13-37-23-29-40(30-24-37)47(39-27-19-35(3)20-28-39)48-45-17-11-9-15-43(45)44-16-10-12-18-46(44)49(48)50(41-31-21-36(4)22-32-41)42-33-25-38(26-34-42)14-8-6-2/h9-12,15-34,47H,5-8,13-14H2,1-4H3. The van der Waals surface area contributed by atoms with Crippen molar-refractivity contribution in [1.29, 1.82) is 0 Å². The van der Waals surface area contributed by atoms with Crippen LogP contribution in [0.2, 0.25) is 0 Å². The Hall–Kier alpha value is -5.14. The first kappa shape index (κ1) is 33.4. The van der Waals surface area contributed by atoms with E-state index in [0.29, 0.717) is 0 Å². The van der Waals surface area contributed by atoms with Crippen molar-refractivity contribution in [2.45, 2.75) is 72.1 Å². The van der Waals surface area contributed by atoms with E-state index in [-0.39, 0.29) is 5.92 Å². The van der Waals surface area contributed by atoms with Crippen LogP contribution in [0.5, 0.6) is 0 Å². The van der Waals surface area contributed by atoms with Gasteiger partial charge in [0.2, 0.25) is 0 Å². The molecule has 0 aliphatic rings. The third kappa shape index (κ3) is 6.83. The summed E-state index contributed by atoms with van der Waals surface area (Å²) in [5.74, 6) is 0.0112. The highest BCUT2D eigenvalue weighted by molar-refractivity contribution is 6.17. The number of nitrogens with zero attached hydrogens (tertiary/aromatic N) is 1. The van der Waals surface area contributed by atoms with Gasteiger partial charge in [-0.25, -0.2) is 0 Å². The Morgan fingerprint density at radius 2 is 0.840 bits per heavy atom. The molecule has 0 saturated heterocycles. The normalized spacial score (nSPS) is 12.0. The maximum absolute atomic E-state index is 2.53. The van der Waals surface area contributed by atoms with Gasteiger partial charge in [-0.05, 0) is 108 Å². The maximum Gasteiger partial charge on any atom is 0.0588 e. The van der Waals surface area contributed by atoms with Gasteiger partial charge in [0.25, 0.3) is 0 Å². The largest absolute Gasteiger partial charge is 0.310 e. The van der Waals surface area contributed by atoms with E-state index in [1.165, 1.54) is 97.5 Å². The van der Waals surface area contributed by atoms with Crippen molar-refractivity contribution in [3.63, 3.8) is 0 Å². The van der Waals surface area contributed by atoms with Gasteiger partial charge in [0, 0.05) is 22.7 Å². The van der Waals surface area contributed by atoms with Crippen molar-refractivity contribution >= 4 is 38.6 Å². The lowest BCUT2D eigenvalue weighted by atomic mass is 9.79. The van der Waals surface area contributed by atoms with Gasteiger partial charge >= 0.3 is 0 Å². The van der Waals surface area contributed by atoms with Gasteiger partial charge in [0.15, 0.2) is 0 Å². The molecule has 0 spiro atoms. The van der Waals surface area contributed by atoms with E-state index in [1.807, 2.05) is 0 Å². The summed E-state index contributed by atoms with van der Waals surface area (Å²) >= 11 is 0. The lowest BCUT2D eigenvalue weighted by molar-refractivity contribution is 0.794. The molecule has 0 radical (unpaired) electrons. The third-order valence-electron chi connectivity index (χ3n) is 10.3. The van der Waals surface area contributed by atoms with Crippen molar-refractivity contribution in [1.82, 2.24) is 0 Å². The van der Waals surface area contributed by atoms with E-state index >= 15 is 0 Å². The fraction of sp³-hybridized carbons (Fsp3) is 0.224. The van der Waals surface area contributed by atoms with E-state index in [1.54, 1.807) is 0 Å². The average molecular weight is 652 g/mol. The Kier molecular flexibility index (Phi) is 10.1. The second-order valence-corrected chi connectivity index (χ2v) is 14.0. The summed E-state index contributed by atoms with van der Waals surface area (Å²) in [6.07, 6.45) is 7.04. The molecule has 1 nitrogen and oxygen atoms in total. The van der Waals surface area contributed by atoms with Crippen LogP contribution in [0.15, 0.2) is 146 Å². The second kappa shape index (κ2) is 15.2. The molecule has 0 bridgehead atoms. The molecule has 0 aromatic heterocycles. The Morgan fingerprint density at radius 3 is 1.36 bits per heavy atom. The molecule has 0 heterocycles. The Morgan fingerprint density at radius 1 is 0.440 bits per heavy atom. The zero-order chi connectivity index (χ0) is 34.5. The number of hydrogen-bond donors (Lipinski definition) is 0. The van der Waals surface area contributed by atoms with Gasteiger partial charge in [-0.15, -0.1) is 0 Å². The van der Waals surface area contributed by atoms with Gasteiger partial charge in [0.05, 0.1) is 5.69 Å². The highest BCUT2D eigenvalue weighted by Crippen LogP contribution is 2.50. The van der Waals surface area contributed by atoms with Crippen LogP contribution in [-0.2, 0) is 12.8 Å². The molecule has 1 heteroatoms. The summed E-state index contributed by atoms with van der Waals surface area (Å²) in [7, 11) is 0. The molecule has 0 N–H and O–H groups in total. The smallest absolute Gasteiger partial charge is 0.0588 e. The van der Waals surface area contributed by atoms with Crippen molar-refractivity contribution in [2.24, 2.45) is 0 Å². The molecule has 1 atom stereocenters. The van der Waals surface area contributed by atoms with E-state index in [0.717, 1.165) is 18.5 Å². The monoisotopic (exact) mass is 651 g/mol. The number of rotatable bonds is 12. The molecule has 250 valence electrons. The van der Waals surface area contributed by atoms with Crippen LogP contribution in [0.25, 0.3) is 21.5 Å². The van der Waals surface area contributed by atoms with Crippen molar-refractivity contribution < 1.29 is 0 Å². The molecule has 7 aromatic rings. The predicted octanol–water partition coefficient (Wildman–Crippen LogP) is 13.9. The molecule has 0 saturated carbocycles. The molecule has 0 aliphatic carbocycles. The predicted molar refractivity (Wildman–Crippen MR) is 217 cm³/mol. The molecular formula is C49H49N. The van der Waals surface area contributed by atoms with Crippen LogP contribution in [0.1, 0.15) is 84.4 Å². The van der Waals surface area contributed by atoms with E-state index < -0.39 is 0 Å². The minimum absolute atomic E-state index is 0.0112. The van der Waals surface area contributed by atoms with Crippen LogP contribution < -0.4 is 4.90 Å². The molecule has 50 heavy (non-hydrogen) atoms. The minimum Gasteiger partial charge on any atom is -0.310 e. The van der Waals surface area contributed by atoms with Crippen molar-refractivity contribution in [3.8, 4) is 0 Å². The molecule has 1 unspecified atom stereocenters. The summed E-state index contributed by atoms with van der Waals surface area (Å²) in [5, 5.41) is 5.11. The first-order valence-corrected chi connectivity index (χ1v) is 18.6. The highest BCUT2D eigenvalue weighted by Gasteiger charge is 2.29. The first-order valence-electron chi connectivity index (χ1n) is 18.6. The quantitative estimate of drug-likeness (QED) is 0.0939. The van der Waals surface area contributed by atoms with E-state index in [9.17, 15) is 0 Å². The Bertz CT molecular complexity index is 2010. The SMILES string of the molecule is CCCCc1ccc(C(c2ccc(C)cc2)c2c(N(c3ccc(C)cc3)c3ccc(CCCC)cc3)c3ccccc3c3ccccc23)cc1. The average Bonchev–Trinajstić information content (AvgIpc) is 3.16. The van der Waals surface area contributed by atoms with Crippen LogP contribution in [0, 0.1) is 13.8 Å². The summed E-state index contributed by atoms with van der Waals surface area (Å²) in [6, 6.07) is 55.2. The van der Waals surface area contributed by atoms with Crippen molar-refractivity contribution in [2.75, 3.05) is 4.90 Å². The number of hydrogen-bond acceptors (Lipinski definition) is 1. The highest BCUT2D eigenvalue weighted by atomic mass is 15.1. The Balaban J connectivity index is 1.58. The number of fused-ring (bicyclic) bond motifs is 3. The summed E-state index contributed by atoms with van der Waals surface area (Å²) in [5.41, 5.74) is 12.9. The minimum atomic E-state index is 0.0112. The topological polar surface area (TPSA) is 3.24 Å². The van der Waals surface area contributed by atoms with Gasteiger partial charge in [0.1, 0.15) is 0 Å². The van der Waals surface area contributed by atoms with E-state index in [4.69, 9.17) is 0 Å². The van der Waals surface area contributed by atoms with Gasteiger partial charge in [-0.1, -0.05) is 159 Å². The fourth-order valence-electron chi connectivity index (χ4n) is 7.52. The van der Waals surface area contributed by atoms with Gasteiger partial charge in [-0.2, -0.15) is 0 Å². The van der Waals surface area contributed by atoms with Gasteiger partial charge < -0.3 is 4.90 Å². The molecule has 7 rings (SSSR count). The van der Waals surface area contributed by atoms with E-state index in [2.05, 4.69) is 178 Å². The summed E-state index contributed by atoms with van der Waals surface area (Å²) < 4.78 is 0. The number of anilines is 3. The summed E-state index contributed by atoms with van der Waals surface area (Å²) in [4.78, 5) is 2.53. The second-order valence-electron chi connectivity index (χ2n) is 14.0. The van der Waals surface area contributed by atoms with Gasteiger partial charge in [-0.3, -0.25) is 0 Å². The number of aryl methyl sites for hydroxylation is 4. The molecule has 0 fully saturated rings.